The average Bonchev–Trinajstić information content (AvgIpc) is 3.01. The Labute approximate surface area is 130 Å². The summed E-state index contributed by atoms with van der Waals surface area (Å²) in [4.78, 5) is 25.7. The molecule has 2 fully saturated rings. The Balaban J connectivity index is 1.69. The van der Waals surface area contributed by atoms with Crippen molar-refractivity contribution >= 4 is 11.9 Å². The second kappa shape index (κ2) is 5.11. The first kappa shape index (κ1) is 15.1. The smallest absolute Gasteiger partial charge is 0.307 e. The van der Waals surface area contributed by atoms with Gasteiger partial charge in [0, 0.05) is 26.3 Å². The Kier molecular flexibility index (Phi) is 3.50. The Bertz CT molecular complexity index is 612. The van der Waals surface area contributed by atoms with Gasteiger partial charge in [-0.05, 0) is 30.6 Å². The van der Waals surface area contributed by atoms with E-state index < -0.39 is 5.97 Å². The molecule has 2 aliphatic rings. The van der Waals surface area contributed by atoms with Crippen molar-refractivity contribution in [1.29, 1.82) is 0 Å². The molecule has 6 nitrogen and oxygen atoms in total. The van der Waals surface area contributed by atoms with Crippen LogP contribution in [-0.2, 0) is 11.8 Å². The molecule has 3 rings (SSSR count). The van der Waals surface area contributed by atoms with Gasteiger partial charge in [0.15, 0.2) is 0 Å². The number of aliphatic carboxylic acids is 1. The van der Waals surface area contributed by atoms with Crippen molar-refractivity contribution in [3.05, 3.63) is 17.5 Å². The van der Waals surface area contributed by atoms with Gasteiger partial charge in [-0.3, -0.25) is 14.3 Å². The summed E-state index contributed by atoms with van der Waals surface area (Å²) >= 11 is 0. The molecule has 1 aliphatic carbocycles. The Hall–Kier alpha value is -1.85. The zero-order chi connectivity index (χ0) is 16.1. The van der Waals surface area contributed by atoms with Gasteiger partial charge >= 0.3 is 5.97 Å². The standard InChI is InChI=1S/C16H23N3O3/c1-10(2)13-11(9-18(3)17-13)14(20)19-6-4-16(5-7-19)8-12(16)15(21)22/h9-10,12H,4-8H2,1-3H3,(H,21,22). The fourth-order valence-corrected chi connectivity index (χ4v) is 3.67. The van der Waals surface area contributed by atoms with Crippen LogP contribution in [-0.4, -0.2) is 44.8 Å². The number of amides is 1. The number of piperidine rings is 1. The molecule has 0 aromatic carbocycles. The van der Waals surface area contributed by atoms with E-state index in [-0.39, 0.29) is 23.2 Å². The van der Waals surface area contributed by atoms with Gasteiger partial charge in [0.05, 0.1) is 17.2 Å². The normalized spacial score (nSPS) is 23.1. The number of carbonyl (C=O) groups excluding carboxylic acids is 1. The van der Waals surface area contributed by atoms with Crippen molar-refractivity contribution < 1.29 is 14.7 Å². The minimum atomic E-state index is -0.686. The third-order valence-electron chi connectivity index (χ3n) is 5.17. The molecule has 22 heavy (non-hydrogen) atoms. The largest absolute Gasteiger partial charge is 0.481 e. The molecule has 1 N–H and O–H groups in total. The molecule has 1 aromatic heterocycles. The SMILES string of the molecule is CC(C)c1nn(C)cc1C(=O)N1CCC2(CC1)CC2C(=O)O. The van der Waals surface area contributed by atoms with Gasteiger partial charge in [-0.25, -0.2) is 0 Å². The molecular weight excluding hydrogens is 282 g/mol. The summed E-state index contributed by atoms with van der Waals surface area (Å²) < 4.78 is 1.69. The summed E-state index contributed by atoms with van der Waals surface area (Å²) in [6, 6.07) is 0. The topological polar surface area (TPSA) is 75.4 Å². The molecule has 1 aliphatic heterocycles. The fourth-order valence-electron chi connectivity index (χ4n) is 3.67. The van der Waals surface area contributed by atoms with Crippen LogP contribution in [0.2, 0.25) is 0 Å². The van der Waals surface area contributed by atoms with Crippen molar-refractivity contribution in [3.63, 3.8) is 0 Å². The zero-order valence-corrected chi connectivity index (χ0v) is 13.4. The summed E-state index contributed by atoms with van der Waals surface area (Å²) in [7, 11) is 1.83. The molecule has 1 saturated carbocycles. The van der Waals surface area contributed by atoms with Gasteiger partial charge in [0.25, 0.3) is 5.91 Å². The highest BCUT2D eigenvalue weighted by molar-refractivity contribution is 5.95. The maximum Gasteiger partial charge on any atom is 0.307 e. The minimum Gasteiger partial charge on any atom is -0.481 e. The lowest BCUT2D eigenvalue weighted by Crippen LogP contribution is -2.40. The van der Waals surface area contributed by atoms with Crippen molar-refractivity contribution in [2.24, 2.45) is 18.4 Å². The van der Waals surface area contributed by atoms with Gasteiger partial charge in [-0.1, -0.05) is 13.8 Å². The highest BCUT2D eigenvalue weighted by atomic mass is 16.4. The number of nitrogens with zero attached hydrogens (tertiary/aromatic N) is 3. The number of aryl methyl sites for hydroxylation is 1. The molecule has 1 aromatic rings. The van der Waals surface area contributed by atoms with Crippen molar-refractivity contribution in [2.75, 3.05) is 13.1 Å². The molecule has 6 heteroatoms. The number of carbonyl (C=O) groups is 2. The van der Waals surface area contributed by atoms with E-state index in [0.717, 1.165) is 25.0 Å². The molecule has 0 bridgehead atoms. The van der Waals surface area contributed by atoms with Crippen molar-refractivity contribution in [1.82, 2.24) is 14.7 Å². The number of rotatable bonds is 3. The number of hydrogen-bond donors (Lipinski definition) is 1. The van der Waals surface area contributed by atoms with E-state index >= 15 is 0 Å². The third-order valence-corrected chi connectivity index (χ3v) is 5.17. The average molecular weight is 305 g/mol. The number of likely N-dealkylation sites (tertiary alicyclic amines) is 1. The second-order valence-electron chi connectivity index (χ2n) is 7.01. The van der Waals surface area contributed by atoms with Crippen LogP contribution < -0.4 is 0 Å². The van der Waals surface area contributed by atoms with E-state index in [2.05, 4.69) is 5.10 Å². The van der Waals surface area contributed by atoms with E-state index in [1.54, 1.807) is 10.9 Å². The predicted molar refractivity (Wildman–Crippen MR) is 80.6 cm³/mol. The molecule has 120 valence electrons. The van der Waals surface area contributed by atoms with Gasteiger partial charge in [-0.15, -0.1) is 0 Å². The van der Waals surface area contributed by atoms with Crippen LogP contribution >= 0.6 is 0 Å². The maximum atomic E-state index is 12.7. The van der Waals surface area contributed by atoms with Crippen LogP contribution in [0.5, 0.6) is 0 Å². The van der Waals surface area contributed by atoms with Crippen LogP contribution in [0.3, 0.4) is 0 Å². The van der Waals surface area contributed by atoms with Crippen molar-refractivity contribution in [2.45, 2.75) is 39.0 Å². The first-order valence-electron chi connectivity index (χ1n) is 7.90. The van der Waals surface area contributed by atoms with Crippen LogP contribution in [0, 0.1) is 11.3 Å². The molecule has 2 heterocycles. The van der Waals surface area contributed by atoms with Crippen LogP contribution in [0.15, 0.2) is 6.20 Å². The molecule has 1 saturated heterocycles. The van der Waals surface area contributed by atoms with Crippen LogP contribution in [0.25, 0.3) is 0 Å². The lowest BCUT2D eigenvalue weighted by Gasteiger charge is -2.32. The predicted octanol–water partition coefficient (Wildman–Crippen LogP) is 1.87. The van der Waals surface area contributed by atoms with E-state index in [4.69, 9.17) is 5.11 Å². The second-order valence-corrected chi connectivity index (χ2v) is 7.01. The Morgan fingerprint density at radius 3 is 2.50 bits per heavy atom. The third kappa shape index (κ3) is 2.40. The van der Waals surface area contributed by atoms with Crippen LogP contribution in [0.1, 0.15) is 55.1 Å². The summed E-state index contributed by atoms with van der Waals surface area (Å²) in [6.45, 7) is 5.36. The van der Waals surface area contributed by atoms with Gasteiger partial charge in [-0.2, -0.15) is 5.10 Å². The number of hydrogen-bond acceptors (Lipinski definition) is 3. The highest BCUT2D eigenvalue weighted by Crippen LogP contribution is 2.59. The fraction of sp³-hybridized carbons (Fsp3) is 0.688. The van der Waals surface area contributed by atoms with E-state index in [1.807, 2.05) is 25.8 Å². The van der Waals surface area contributed by atoms with Crippen LogP contribution in [0.4, 0.5) is 0 Å². The molecule has 1 unspecified atom stereocenters. The molecule has 0 radical (unpaired) electrons. The molecule has 1 atom stereocenters. The molecular formula is C16H23N3O3. The highest BCUT2D eigenvalue weighted by Gasteiger charge is 2.59. The minimum absolute atomic E-state index is 0.0270. The van der Waals surface area contributed by atoms with Gasteiger partial charge < -0.3 is 10.0 Å². The Morgan fingerprint density at radius 1 is 1.36 bits per heavy atom. The monoisotopic (exact) mass is 305 g/mol. The summed E-state index contributed by atoms with van der Waals surface area (Å²) in [5.74, 6) is -0.654. The van der Waals surface area contributed by atoms with Gasteiger partial charge in [0.1, 0.15) is 0 Å². The lowest BCUT2D eigenvalue weighted by atomic mass is 9.90. The molecule has 1 spiro atoms. The Morgan fingerprint density at radius 2 is 2.00 bits per heavy atom. The first-order valence-corrected chi connectivity index (χ1v) is 7.90. The number of carboxylic acid groups (broad SMARTS) is 1. The molecule has 1 amide bonds. The summed E-state index contributed by atoms with van der Waals surface area (Å²) in [5, 5.41) is 13.5. The van der Waals surface area contributed by atoms with E-state index in [1.165, 1.54) is 0 Å². The summed E-state index contributed by atoms with van der Waals surface area (Å²) in [6.07, 6.45) is 4.16. The quantitative estimate of drug-likeness (QED) is 0.925. The maximum absolute atomic E-state index is 12.7. The number of carboxylic acids is 1. The van der Waals surface area contributed by atoms with Gasteiger partial charge in [0.2, 0.25) is 0 Å². The van der Waals surface area contributed by atoms with Crippen molar-refractivity contribution in [3.8, 4) is 0 Å². The lowest BCUT2D eigenvalue weighted by molar-refractivity contribution is -0.139. The zero-order valence-electron chi connectivity index (χ0n) is 13.4. The summed E-state index contributed by atoms with van der Waals surface area (Å²) in [5.41, 5.74) is 1.47. The first-order chi connectivity index (χ1) is 10.3. The van der Waals surface area contributed by atoms with E-state index in [9.17, 15) is 9.59 Å². The van der Waals surface area contributed by atoms with E-state index in [0.29, 0.717) is 18.7 Å². The number of aromatic nitrogens is 2.